The van der Waals surface area contributed by atoms with Crippen LogP contribution in [0.3, 0.4) is 0 Å². The summed E-state index contributed by atoms with van der Waals surface area (Å²) in [6.45, 7) is 7.01. The van der Waals surface area contributed by atoms with Gasteiger partial charge in [0, 0.05) is 5.69 Å². The minimum atomic E-state index is -0.929. The van der Waals surface area contributed by atoms with Gasteiger partial charge in [-0.1, -0.05) is 61.9 Å². The Kier molecular flexibility index (Phi) is 8.41. The van der Waals surface area contributed by atoms with Crippen molar-refractivity contribution in [2.75, 3.05) is 11.9 Å². The van der Waals surface area contributed by atoms with Crippen LogP contribution in [0.5, 0.6) is 0 Å². The molecule has 0 saturated carbocycles. The first-order valence-electron chi connectivity index (χ1n) is 9.77. The molecular formula is C23H28N2O5. The Bertz CT molecular complexity index is 880. The van der Waals surface area contributed by atoms with E-state index in [1.165, 1.54) is 0 Å². The smallest absolute Gasteiger partial charge is 0.408 e. The number of hydrogen-bond donors (Lipinski definition) is 2. The number of alkyl carbamates (subject to hydrolysis) is 1. The van der Waals surface area contributed by atoms with Crippen LogP contribution in [0.1, 0.15) is 30.5 Å². The van der Waals surface area contributed by atoms with Crippen LogP contribution >= 0.6 is 0 Å². The highest BCUT2D eigenvalue weighted by atomic mass is 16.6. The molecule has 2 aromatic carbocycles. The van der Waals surface area contributed by atoms with E-state index in [0.29, 0.717) is 5.69 Å². The number of carbonyl (C=O) groups excluding carboxylic acids is 3. The fraction of sp³-hybridized carbons (Fsp3) is 0.348. The van der Waals surface area contributed by atoms with Crippen LogP contribution in [0.2, 0.25) is 0 Å². The number of amides is 2. The van der Waals surface area contributed by atoms with Crippen molar-refractivity contribution in [3.63, 3.8) is 0 Å². The molecule has 2 aromatic rings. The predicted octanol–water partition coefficient (Wildman–Crippen LogP) is 3.74. The molecular weight excluding hydrogens is 384 g/mol. The van der Waals surface area contributed by atoms with Crippen LogP contribution < -0.4 is 10.6 Å². The normalized spacial score (nSPS) is 11.5. The Balaban J connectivity index is 1.83. The second-order valence-electron chi connectivity index (χ2n) is 7.40. The topological polar surface area (TPSA) is 93.7 Å². The summed E-state index contributed by atoms with van der Waals surface area (Å²) in [5, 5.41) is 5.22. The lowest BCUT2D eigenvalue weighted by Gasteiger charge is -2.20. The van der Waals surface area contributed by atoms with Crippen LogP contribution in [0.4, 0.5) is 10.5 Å². The first kappa shape index (κ1) is 22.9. The minimum Gasteiger partial charge on any atom is -0.454 e. The zero-order valence-corrected chi connectivity index (χ0v) is 17.7. The lowest BCUT2D eigenvalue weighted by Crippen LogP contribution is -2.46. The molecule has 0 fully saturated rings. The molecule has 0 aliphatic rings. The van der Waals surface area contributed by atoms with Gasteiger partial charge in [-0.2, -0.15) is 0 Å². The lowest BCUT2D eigenvalue weighted by molar-refractivity contribution is -0.150. The van der Waals surface area contributed by atoms with Crippen molar-refractivity contribution in [2.45, 2.75) is 40.3 Å². The van der Waals surface area contributed by atoms with Crippen LogP contribution in [0, 0.1) is 19.8 Å². The van der Waals surface area contributed by atoms with Crippen molar-refractivity contribution in [1.29, 1.82) is 0 Å². The predicted molar refractivity (Wildman–Crippen MR) is 114 cm³/mol. The molecule has 0 heterocycles. The molecule has 0 saturated heterocycles. The Morgan fingerprint density at radius 2 is 1.67 bits per heavy atom. The summed E-state index contributed by atoms with van der Waals surface area (Å²) in [5.74, 6) is -1.40. The third kappa shape index (κ3) is 7.24. The number of ether oxygens (including phenoxy) is 2. The molecule has 0 radical (unpaired) electrons. The number of carbonyl (C=O) groups is 3. The van der Waals surface area contributed by atoms with Gasteiger partial charge in [-0.15, -0.1) is 0 Å². The molecule has 0 aliphatic heterocycles. The van der Waals surface area contributed by atoms with E-state index < -0.39 is 30.6 Å². The Morgan fingerprint density at radius 1 is 0.967 bits per heavy atom. The van der Waals surface area contributed by atoms with Crippen molar-refractivity contribution in [3.05, 3.63) is 65.2 Å². The quantitative estimate of drug-likeness (QED) is 0.644. The minimum absolute atomic E-state index is 0.0881. The Morgan fingerprint density at radius 3 is 2.30 bits per heavy atom. The van der Waals surface area contributed by atoms with Gasteiger partial charge < -0.3 is 20.1 Å². The molecule has 1 atom stereocenters. The fourth-order valence-corrected chi connectivity index (χ4v) is 2.76. The number of esters is 1. The first-order chi connectivity index (χ1) is 14.3. The summed E-state index contributed by atoms with van der Waals surface area (Å²) in [6, 6.07) is 13.9. The third-order valence-electron chi connectivity index (χ3n) is 4.41. The third-order valence-corrected chi connectivity index (χ3v) is 4.41. The van der Waals surface area contributed by atoms with E-state index in [0.717, 1.165) is 16.7 Å². The van der Waals surface area contributed by atoms with Gasteiger partial charge in [-0.25, -0.2) is 9.59 Å². The number of rotatable bonds is 8. The van der Waals surface area contributed by atoms with E-state index in [9.17, 15) is 14.4 Å². The zero-order chi connectivity index (χ0) is 22.1. The standard InChI is InChI=1S/C23H28N2O5/c1-15(2)21(25-23(28)30-13-18-8-6-5-7-9-18)22(27)29-14-20(26)24-19-11-10-16(3)12-17(19)4/h5-12,15,21H,13-14H2,1-4H3,(H,24,26)(H,25,28)/t21-/m0/s1. The number of hydrogen-bond acceptors (Lipinski definition) is 5. The molecule has 0 spiro atoms. The van der Waals surface area contributed by atoms with Gasteiger partial charge in [-0.3, -0.25) is 4.79 Å². The molecule has 0 bridgehead atoms. The highest BCUT2D eigenvalue weighted by Crippen LogP contribution is 2.16. The highest BCUT2D eigenvalue weighted by Gasteiger charge is 2.27. The molecule has 2 N–H and O–H groups in total. The van der Waals surface area contributed by atoms with Crippen LogP contribution in [-0.2, 0) is 25.7 Å². The van der Waals surface area contributed by atoms with Gasteiger partial charge in [0.1, 0.15) is 12.6 Å². The monoisotopic (exact) mass is 412 g/mol. The van der Waals surface area contributed by atoms with E-state index in [1.54, 1.807) is 19.9 Å². The summed E-state index contributed by atoms with van der Waals surface area (Å²) in [7, 11) is 0. The van der Waals surface area contributed by atoms with E-state index in [1.807, 2.05) is 56.3 Å². The van der Waals surface area contributed by atoms with Gasteiger partial charge in [0.05, 0.1) is 0 Å². The van der Waals surface area contributed by atoms with Gasteiger partial charge >= 0.3 is 12.1 Å². The second kappa shape index (κ2) is 11.0. The van der Waals surface area contributed by atoms with Crippen LogP contribution in [-0.4, -0.2) is 30.6 Å². The molecule has 30 heavy (non-hydrogen) atoms. The van der Waals surface area contributed by atoms with Gasteiger partial charge in [0.15, 0.2) is 6.61 Å². The van der Waals surface area contributed by atoms with Gasteiger partial charge in [0.2, 0.25) is 0 Å². The maximum atomic E-state index is 12.4. The summed E-state index contributed by atoms with van der Waals surface area (Å²) >= 11 is 0. The number of aryl methyl sites for hydroxylation is 2. The largest absolute Gasteiger partial charge is 0.454 e. The van der Waals surface area contributed by atoms with Crippen molar-refractivity contribution in [1.82, 2.24) is 5.32 Å². The van der Waals surface area contributed by atoms with Crippen molar-refractivity contribution in [2.24, 2.45) is 5.92 Å². The van der Waals surface area contributed by atoms with E-state index in [-0.39, 0.29) is 12.5 Å². The highest BCUT2D eigenvalue weighted by molar-refractivity contribution is 5.94. The van der Waals surface area contributed by atoms with Gasteiger partial charge in [-0.05, 0) is 37.0 Å². The first-order valence-corrected chi connectivity index (χ1v) is 9.77. The molecule has 2 rings (SSSR count). The van der Waals surface area contributed by atoms with Crippen molar-refractivity contribution >= 4 is 23.7 Å². The average Bonchev–Trinajstić information content (AvgIpc) is 2.71. The summed E-state index contributed by atoms with van der Waals surface area (Å²) in [4.78, 5) is 36.6. The van der Waals surface area contributed by atoms with Gasteiger partial charge in [0.25, 0.3) is 5.91 Å². The van der Waals surface area contributed by atoms with Crippen molar-refractivity contribution in [3.8, 4) is 0 Å². The number of nitrogens with one attached hydrogen (secondary N) is 2. The van der Waals surface area contributed by atoms with E-state index in [4.69, 9.17) is 9.47 Å². The molecule has 160 valence electrons. The van der Waals surface area contributed by atoms with E-state index in [2.05, 4.69) is 10.6 Å². The number of benzene rings is 2. The molecule has 2 amide bonds. The molecule has 7 nitrogen and oxygen atoms in total. The molecule has 7 heteroatoms. The van der Waals surface area contributed by atoms with Crippen LogP contribution in [0.15, 0.2) is 48.5 Å². The summed E-state index contributed by atoms with van der Waals surface area (Å²) < 4.78 is 10.3. The van der Waals surface area contributed by atoms with Crippen molar-refractivity contribution < 1.29 is 23.9 Å². The summed E-state index contributed by atoms with van der Waals surface area (Å²) in [6.07, 6.45) is -0.728. The molecule has 0 aliphatic carbocycles. The number of anilines is 1. The summed E-state index contributed by atoms with van der Waals surface area (Å²) in [5.41, 5.74) is 3.49. The SMILES string of the molecule is Cc1ccc(NC(=O)COC(=O)[C@@H](NC(=O)OCc2ccccc2)C(C)C)c(C)c1. The fourth-order valence-electron chi connectivity index (χ4n) is 2.76. The van der Waals surface area contributed by atoms with Crippen LogP contribution in [0.25, 0.3) is 0 Å². The molecule has 0 aromatic heterocycles. The zero-order valence-electron chi connectivity index (χ0n) is 17.7. The lowest BCUT2D eigenvalue weighted by atomic mass is 10.1. The molecule has 0 unspecified atom stereocenters. The maximum absolute atomic E-state index is 12.4. The van der Waals surface area contributed by atoms with E-state index >= 15 is 0 Å². The average molecular weight is 412 g/mol. The maximum Gasteiger partial charge on any atom is 0.408 e. The second-order valence-corrected chi connectivity index (χ2v) is 7.40. The Hall–Kier alpha value is -3.35. The Labute approximate surface area is 176 Å².